The SMILES string of the molecule is COc1ccccc1OCCC(=O)NCc1ccc(C)cc1. The molecule has 4 nitrogen and oxygen atoms in total. The smallest absolute Gasteiger partial charge is 0.223 e. The van der Waals surface area contributed by atoms with E-state index in [-0.39, 0.29) is 5.91 Å². The van der Waals surface area contributed by atoms with Crippen LogP contribution in [0, 0.1) is 6.92 Å². The third-order valence-corrected chi connectivity index (χ3v) is 3.27. The number of para-hydroxylation sites is 2. The zero-order valence-corrected chi connectivity index (χ0v) is 13.0. The normalized spacial score (nSPS) is 10.1. The molecule has 0 saturated carbocycles. The summed E-state index contributed by atoms with van der Waals surface area (Å²) in [6, 6.07) is 15.5. The number of carbonyl (C=O) groups is 1. The van der Waals surface area contributed by atoms with Crippen LogP contribution in [-0.2, 0) is 11.3 Å². The van der Waals surface area contributed by atoms with Crippen molar-refractivity contribution < 1.29 is 14.3 Å². The minimum atomic E-state index is -0.0320. The van der Waals surface area contributed by atoms with Gasteiger partial charge in [0.05, 0.1) is 20.1 Å². The number of hydrogen-bond acceptors (Lipinski definition) is 3. The van der Waals surface area contributed by atoms with Crippen LogP contribution in [0.25, 0.3) is 0 Å². The van der Waals surface area contributed by atoms with Crippen molar-refractivity contribution in [2.75, 3.05) is 13.7 Å². The highest BCUT2D eigenvalue weighted by atomic mass is 16.5. The van der Waals surface area contributed by atoms with Gasteiger partial charge in [-0.2, -0.15) is 0 Å². The number of carbonyl (C=O) groups excluding carboxylic acids is 1. The maximum atomic E-state index is 11.8. The molecule has 0 radical (unpaired) electrons. The van der Waals surface area contributed by atoms with Gasteiger partial charge < -0.3 is 14.8 Å². The molecule has 1 amide bonds. The zero-order chi connectivity index (χ0) is 15.8. The second-order valence-corrected chi connectivity index (χ2v) is 5.01. The van der Waals surface area contributed by atoms with Gasteiger partial charge in [-0.3, -0.25) is 4.79 Å². The highest BCUT2D eigenvalue weighted by Crippen LogP contribution is 2.25. The standard InChI is InChI=1S/C18H21NO3/c1-14-7-9-15(10-8-14)13-19-18(20)11-12-22-17-6-4-3-5-16(17)21-2/h3-10H,11-13H2,1-2H3,(H,19,20). The van der Waals surface area contributed by atoms with Crippen LogP contribution in [0.2, 0.25) is 0 Å². The molecule has 0 aliphatic carbocycles. The molecular formula is C18H21NO3. The van der Waals surface area contributed by atoms with Crippen LogP contribution < -0.4 is 14.8 Å². The lowest BCUT2D eigenvalue weighted by atomic mass is 10.1. The van der Waals surface area contributed by atoms with E-state index >= 15 is 0 Å². The Hall–Kier alpha value is -2.49. The van der Waals surface area contributed by atoms with E-state index in [4.69, 9.17) is 9.47 Å². The van der Waals surface area contributed by atoms with Crippen LogP contribution in [0.5, 0.6) is 11.5 Å². The zero-order valence-electron chi connectivity index (χ0n) is 13.0. The Kier molecular flexibility index (Phi) is 5.83. The van der Waals surface area contributed by atoms with Crippen molar-refractivity contribution >= 4 is 5.91 Å². The number of benzene rings is 2. The minimum Gasteiger partial charge on any atom is -0.493 e. The maximum absolute atomic E-state index is 11.8. The monoisotopic (exact) mass is 299 g/mol. The van der Waals surface area contributed by atoms with Gasteiger partial charge in [0.25, 0.3) is 0 Å². The number of aryl methyl sites for hydroxylation is 1. The minimum absolute atomic E-state index is 0.0320. The molecule has 0 fully saturated rings. The van der Waals surface area contributed by atoms with E-state index < -0.39 is 0 Å². The first-order valence-electron chi connectivity index (χ1n) is 7.27. The summed E-state index contributed by atoms with van der Waals surface area (Å²) in [5.74, 6) is 1.29. The van der Waals surface area contributed by atoms with Gasteiger partial charge in [0.1, 0.15) is 0 Å². The van der Waals surface area contributed by atoms with Gasteiger partial charge in [-0.05, 0) is 24.6 Å². The summed E-state index contributed by atoms with van der Waals surface area (Å²) < 4.78 is 10.8. The molecule has 0 atom stereocenters. The predicted molar refractivity (Wildman–Crippen MR) is 86.1 cm³/mol. The summed E-state index contributed by atoms with van der Waals surface area (Å²) >= 11 is 0. The highest BCUT2D eigenvalue weighted by molar-refractivity contribution is 5.76. The van der Waals surface area contributed by atoms with Crippen molar-refractivity contribution in [3.05, 3.63) is 59.7 Å². The van der Waals surface area contributed by atoms with Gasteiger partial charge in [0.2, 0.25) is 5.91 Å². The summed E-state index contributed by atoms with van der Waals surface area (Å²) in [6.45, 7) is 2.89. The summed E-state index contributed by atoms with van der Waals surface area (Å²) in [7, 11) is 1.59. The number of nitrogens with one attached hydrogen (secondary N) is 1. The fourth-order valence-corrected chi connectivity index (χ4v) is 1.99. The number of amides is 1. The van der Waals surface area contributed by atoms with Crippen molar-refractivity contribution in [2.24, 2.45) is 0 Å². The Morgan fingerprint density at radius 3 is 2.41 bits per heavy atom. The third-order valence-electron chi connectivity index (χ3n) is 3.27. The Balaban J connectivity index is 1.72. The second-order valence-electron chi connectivity index (χ2n) is 5.01. The predicted octanol–water partition coefficient (Wildman–Crippen LogP) is 3.09. The van der Waals surface area contributed by atoms with Crippen molar-refractivity contribution in [2.45, 2.75) is 19.9 Å². The van der Waals surface area contributed by atoms with E-state index in [9.17, 15) is 4.79 Å². The first kappa shape index (κ1) is 15.9. The molecule has 0 heterocycles. The summed E-state index contributed by atoms with van der Waals surface area (Å²) in [4.78, 5) is 11.8. The van der Waals surface area contributed by atoms with Gasteiger partial charge in [0, 0.05) is 6.54 Å². The lowest BCUT2D eigenvalue weighted by Crippen LogP contribution is -2.24. The molecule has 0 saturated heterocycles. The largest absolute Gasteiger partial charge is 0.493 e. The van der Waals surface area contributed by atoms with E-state index in [1.807, 2.05) is 55.5 Å². The molecule has 0 unspecified atom stereocenters. The first-order valence-corrected chi connectivity index (χ1v) is 7.27. The molecule has 4 heteroatoms. The number of hydrogen-bond donors (Lipinski definition) is 1. The van der Waals surface area contributed by atoms with Crippen molar-refractivity contribution in [3.8, 4) is 11.5 Å². The average molecular weight is 299 g/mol. The van der Waals surface area contributed by atoms with Gasteiger partial charge in [-0.15, -0.1) is 0 Å². The topological polar surface area (TPSA) is 47.6 Å². The Morgan fingerprint density at radius 1 is 1.05 bits per heavy atom. The summed E-state index contributed by atoms with van der Waals surface area (Å²) in [5.41, 5.74) is 2.30. The van der Waals surface area contributed by atoms with Gasteiger partial charge in [0.15, 0.2) is 11.5 Å². The lowest BCUT2D eigenvalue weighted by molar-refractivity contribution is -0.121. The summed E-state index contributed by atoms with van der Waals surface area (Å²) in [6.07, 6.45) is 0.309. The van der Waals surface area contributed by atoms with Gasteiger partial charge in [-0.25, -0.2) is 0 Å². The van der Waals surface area contributed by atoms with Crippen LogP contribution in [0.1, 0.15) is 17.5 Å². The van der Waals surface area contributed by atoms with E-state index in [2.05, 4.69) is 5.32 Å². The van der Waals surface area contributed by atoms with E-state index in [0.717, 1.165) is 5.56 Å². The highest BCUT2D eigenvalue weighted by Gasteiger charge is 2.05. The molecule has 0 spiro atoms. The third kappa shape index (κ3) is 4.81. The molecule has 22 heavy (non-hydrogen) atoms. The number of methoxy groups -OCH3 is 1. The molecule has 116 valence electrons. The van der Waals surface area contributed by atoms with E-state index in [1.54, 1.807) is 7.11 Å². The van der Waals surface area contributed by atoms with Crippen LogP contribution in [0.3, 0.4) is 0 Å². The molecule has 0 aromatic heterocycles. The van der Waals surface area contributed by atoms with Gasteiger partial charge in [-0.1, -0.05) is 42.0 Å². The van der Waals surface area contributed by atoms with Crippen molar-refractivity contribution in [3.63, 3.8) is 0 Å². The molecule has 1 N–H and O–H groups in total. The molecular weight excluding hydrogens is 278 g/mol. The van der Waals surface area contributed by atoms with Crippen LogP contribution in [0.15, 0.2) is 48.5 Å². The quantitative estimate of drug-likeness (QED) is 0.854. The molecule has 0 bridgehead atoms. The Bertz CT molecular complexity index is 608. The van der Waals surface area contributed by atoms with Crippen LogP contribution >= 0.6 is 0 Å². The lowest BCUT2D eigenvalue weighted by Gasteiger charge is -2.10. The van der Waals surface area contributed by atoms with Crippen molar-refractivity contribution in [1.29, 1.82) is 0 Å². The molecule has 2 rings (SSSR count). The Morgan fingerprint density at radius 2 is 1.73 bits per heavy atom. The van der Waals surface area contributed by atoms with Crippen molar-refractivity contribution in [1.82, 2.24) is 5.32 Å². The molecule has 0 aliphatic rings. The fourth-order valence-electron chi connectivity index (χ4n) is 1.99. The molecule has 2 aromatic rings. The molecule has 2 aromatic carbocycles. The fraction of sp³-hybridized carbons (Fsp3) is 0.278. The number of ether oxygens (including phenoxy) is 2. The van der Waals surface area contributed by atoms with Gasteiger partial charge >= 0.3 is 0 Å². The average Bonchev–Trinajstić information content (AvgIpc) is 2.55. The Labute approximate surface area is 131 Å². The van der Waals surface area contributed by atoms with E-state index in [0.29, 0.717) is 31.1 Å². The second kappa shape index (κ2) is 8.08. The molecule has 0 aliphatic heterocycles. The van der Waals surface area contributed by atoms with Crippen LogP contribution in [0.4, 0.5) is 0 Å². The first-order chi connectivity index (χ1) is 10.7. The maximum Gasteiger partial charge on any atom is 0.223 e. The van der Waals surface area contributed by atoms with E-state index in [1.165, 1.54) is 5.56 Å². The number of rotatable bonds is 7. The van der Waals surface area contributed by atoms with Crippen LogP contribution in [-0.4, -0.2) is 19.6 Å². The summed E-state index contributed by atoms with van der Waals surface area (Å²) in [5, 5.41) is 2.88.